The molecule has 0 unspecified atom stereocenters. The molecule has 4 nitrogen and oxygen atoms in total. The molecule has 0 atom stereocenters. The molecule has 0 fully saturated rings. The Bertz CT molecular complexity index is 892. The number of hydrogen-bond acceptors (Lipinski definition) is 4. The van der Waals surface area contributed by atoms with Crippen LogP contribution in [-0.2, 0) is 0 Å². The molecule has 0 saturated heterocycles. The lowest BCUT2D eigenvalue weighted by Crippen LogP contribution is -2.13. The molecule has 6 heteroatoms. The van der Waals surface area contributed by atoms with Crippen molar-refractivity contribution >= 4 is 17.0 Å². The van der Waals surface area contributed by atoms with Gasteiger partial charge in [0.25, 0.3) is 0 Å². The average Bonchev–Trinajstić information content (AvgIpc) is 2.99. The number of thiazole rings is 1. The van der Waals surface area contributed by atoms with Crippen LogP contribution in [0.15, 0.2) is 64.3 Å². The first-order chi connectivity index (χ1) is 11.2. The molecule has 0 spiro atoms. The Hall–Kier alpha value is -2.60. The third-order valence-corrected chi connectivity index (χ3v) is 4.27. The van der Waals surface area contributed by atoms with Crippen molar-refractivity contribution in [2.45, 2.75) is 6.92 Å². The summed E-state index contributed by atoms with van der Waals surface area (Å²) >= 11 is 1.50. The predicted octanol–water partition coefficient (Wildman–Crippen LogP) is 3.55. The average molecular weight is 326 g/mol. The highest BCUT2D eigenvalue weighted by Gasteiger charge is 2.08. The van der Waals surface area contributed by atoms with Gasteiger partial charge < -0.3 is 0 Å². The van der Waals surface area contributed by atoms with Gasteiger partial charge >= 0.3 is 0 Å². The smallest absolute Gasteiger partial charge is 0.205 e. The van der Waals surface area contributed by atoms with Gasteiger partial charge in [0.1, 0.15) is 5.82 Å². The fourth-order valence-electron chi connectivity index (χ4n) is 2.17. The molecular formula is C17H15FN4S. The molecule has 23 heavy (non-hydrogen) atoms. The first-order valence-electron chi connectivity index (χ1n) is 7.04. The van der Waals surface area contributed by atoms with Gasteiger partial charge in [-0.25, -0.2) is 9.07 Å². The second-order valence-corrected chi connectivity index (χ2v) is 5.70. The van der Waals surface area contributed by atoms with Crippen molar-refractivity contribution in [3.8, 4) is 11.3 Å². The zero-order chi connectivity index (χ0) is 16.2. The molecule has 0 N–H and O–H groups in total. The van der Waals surface area contributed by atoms with Gasteiger partial charge in [-0.3, -0.25) is 9.98 Å². The Morgan fingerprint density at radius 2 is 1.83 bits per heavy atom. The van der Waals surface area contributed by atoms with Crippen LogP contribution in [0.25, 0.3) is 11.3 Å². The standard InChI is InChI=1S/C17H15FN4S/c1-12(13-7-9-20-10-8-13)21-22-16(11-23-17(22)19-2)14-3-5-15(18)6-4-14/h3-11H,1-2H3/b19-17?,21-12+. The molecular weight excluding hydrogens is 311 g/mol. The molecule has 0 amide bonds. The van der Waals surface area contributed by atoms with Gasteiger partial charge in [0, 0.05) is 35.9 Å². The van der Waals surface area contributed by atoms with Crippen LogP contribution >= 0.6 is 11.3 Å². The van der Waals surface area contributed by atoms with E-state index < -0.39 is 0 Å². The maximum Gasteiger partial charge on any atom is 0.205 e. The normalized spacial score (nSPS) is 12.7. The highest BCUT2D eigenvalue weighted by molar-refractivity contribution is 7.07. The second kappa shape index (κ2) is 6.66. The van der Waals surface area contributed by atoms with Crippen LogP contribution < -0.4 is 4.80 Å². The minimum absolute atomic E-state index is 0.257. The van der Waals surface area contributed by atoms with Crippen molar-refractivity contribution in [2.75, 3.05) is 7.05 Å². The number of pyridine rings is 1. The number of nitrogens with zero attached hydrogens (tertiary/aromatic N) is 4. The fraction of sp³-hybridized carbons (Fsp3) is 0.118. The van der Waals surface area contributed by atoms with Crippen molar-refractivity contribution in [2.24, 2.45) is 10.1 Å². The summed E-state index contributed by atoms with van der Waals surface area (Å²) in [6, 6.07) is 10.2. The van der Waals surface area contributed by atoms with E-state index in [9.17, 15) is 4.39 Å². The molecule has 0 aliphatic carbocycles. The number of rotatable bonds is 3. The number of halogens is 1. The zero-order valence-corrected chi connectivity index (χ0v) is 13.6. The van der Waals surface area contributed by atoms with Gasteiger partial charge in [-0.15, -0.1) is 11.3 Å². The monoisotopic (exact) mass is 326 g/mol. The van der Waals surface area contributed by atoms with Gasteiger partial charge in [-0.05, 0) is 43.3 Å². The lowest BCUT2D eigenvalue weighted by atomic mass is 10.2. The predicted molar refractivity (Wildman–Crippen MR) is 91.0 cm³/mol. The molecule has 2 heterocycles. The maximum atomic E-state index is 13.1. The molecule has 2 aromatic heterocycles. The third kappa shape index (κ3) is 3.27. The lowest BCUT2D eigenvalue weighted by molar-refractivity contribution is 0.628. The largest absolute Gasteiger partial charge is 0.265 e. The Kier molecular flexibility index (Phi) is 4.43. The van der Waals surface area contributed by atoms with Crippen LogP contribution in [0.5, 0.6) is 0 Å². The minimum Gasteiger partial charge on any atom is -0.265 e. The fourth-order valence-corrected chi connectivity index (χ4v) is 2.96. The lowest BCUT2D eigenvalue weighted by Gasteiger charge is -2.06. The van der Waals surface area contributed by atoms with E-state index in [1.165, 1.54) is 23.5 Å². The van der Waals surface area contributed by atoms with Crippen molar-refractivity contribution in [1.82, 2.24) is 9.66 Å². The van der Waals surface area contributed by atoms with E-state index >= 15 is 0 Å². The highest BCUT2D eigenvalue weighted by atomic mass is 32.1. The summed E-state index contributed by atoms with van der Waals surface area (Å²) in [6.45, 7) is 1.94. The van der Waals surface area contributed by atoms with E-state index in [1.54, 1.807) is 36.3 Å². The summed E-state index contributed by atoms with van der Waals surface area (Å²) in [7, 11) is 1.73. The van der Waals surface area contributed by atoms with Crippen LogP contribution in [0.2, 0.25) is 0 Å². The summed E-state index contributed by atoms with van der Waals surface area (Å²) in [5, 5.41) is 6.66. The Labute approximate surface area is 137 Å². The van der Waals surface area contributed by atoms with E-state index in [-0.39, 0.29) is 5.82 Å². The first-order valence-corrected chi connectivity index (χ1v) is 7.92. The van der Waals surface area contributed by atoms with Crippen LogP contribution in [0.1, 0.15) is 12.5 Å². The van der Waals surface area contributed by atoms with Crippen LogP contribution in [0, 0.1) is 5.82 Å². The second-order valence-electron chi connectivity index (χ2n) is 4.87. The summed E-state index contributed by atoms with van der Waals surface area (Å²) in [6.07, 6.45) is 3.47. The first kappa shape index (κ1) is 15.3. The van der Waals surface area contributed by atoms with Crippen LogP contribution in [0.4, 0.5) is 4.39 Å². The third-order valence-electron chi connectivity index (χ3n) is 3.36. The van der Waals surface area contributed by atoms with Crippen LogP contribution in [-0.4, -0.2) is 22.4 Å². The van der Waals surface area contributed by atoms with E-state index in [0.29, 0.717) is 0 Å². The molecule has 1 aromatic carbocycles. The maximum absolute atomic E-state index is 13.1. The molecule has 0 bridgehead atoms. The van der Waals surface area contributed by atoms with E-state index in [2.05, 4.69) is 15.1 Å². The van der Waals surface area contributed by atoms with E-state index in [4.69, 9.17) is 0 Å². The Morgan fingerprint density at radius 3 is 2.48 bits per heavy atom. The number of hydrogen-bond donors (Lipinski definition) is 0. The van der Waals surface area contributed by atoms with Gasteiger partial charge in [-0.2, -0.15) is 5.10 Å². The molecule has 0 aliphatic heterocycles. The Morgan fingerprint density at radius 1 is 1.13 bits per heavy atom. The Balaban J connectivity index is 2.12. The van der Waals surface area contributed by atoms with Crippen molar-refractivity contribution < 1.29 is 4.39 Å². The molecule has 0 radical (unpaired) electrons. The van der Waals surface area contributed by atoms with Gasteiger partial charge in [-0.1, -0.05) is 0 Å². The van der Waals surface area contributed by atoms with Crippen molar-refractivity contribution in [3.63, 3.8) is 0 Å². The highest BCUT2D eigenvalue weighted by Crippen LogP contribution is 2.20. The SMILES string of the molecule is CN=c1scc(-c2ccc(F)cc2)n1/N=C(\C)c1ccncc1. The van der Waals surface area contributed by atoms with Crippen molar-refractivity contribution in [1.29, 1.82) is 0 Å². The van der Waals surface area contributed by atoms with Gasteiger partial charge in [0.15, 0.2) is 0 Å². The van der Waals surface area contributed by atoms with Crippen molar-refractivity contribution in [3.05, 3.63) is 70.4 Å². The van der Waals surface area contributed by atoms with E-state index in [0.717, 1.165) is 27.3 Å². The summed E-state index contributed by atoms with van der Waals surface area (Å²) in [5.41, 5.74) is 3.61. The molecule has 116 valence electrons. The zero-order valence-electron chi connectivity index (χ0n) is 12.8. The molecule has 3 aromatic rings. The molecule has 0 aliphatic rings. The number of benzene rings is 1. The number of aromatic nitrogens is 2. The van der Waals surface area contributed by atoms with Gasteiger partial charge in [0.2, 0.25) is 4.80 Å². The molecule has 3 rings (SSSR count). The van der Waals surface area contributed by atoms with Gasteiger partial charge in [0.05, 0.1) is 11.4 Å². The quantitative estimate of drug-likeness (QED) is 0.679. The summed E-state index contributed by atoms with van der Waals surface area (Å²) in [4.78, 5) is 9.06. The summed E-state index contributed by atoms with van der Waals surface area (Å²) < 4.78 is 14.9. The topological polar surface area (TPSA) is 42.5 Å². The molecule has 0 saturated carbocycles. The summed E-state index contributed by atoms with van der Waals surface area (Å²) in [5.74, 6) is -0.257. The van der Waals surface area contributed by atoms with E-state index in [1.807, 2.05) is 24.4 Å². The minimum atomic E-state index is -0.257. The van der Waals surface area contributed by atoms with Crippen LogP contribution in [0.3, 0.4) is 0 Å².